The largest absolute Gasteiger partial charge is 0.469 e. The SMILES string of the molecule is CCCCCCCCCCOCc1cn([C@H]2C[C@H](O)[C@@H](COP(=O)(O)O)O2)c(=O)[nH]c1=O. The molecule has 1 aromatic heterocycles. The lowest BCUT2D eigenvalue weighted by molar-refractivity contribution is -0.0453. The molecule has 11 nitrogen and oxygen atoms in total. The third kappa shape index (κ3) is 9.27. The summed E-state index contributed by atoms with van der Waals surface area (Å²) in [6, 6.07) is 0. The summed E-state index contributed by atoms with van der Waals surface area (Å²) in [6.45, 7) is 2.20. The molecule has 1 saturated heterocycles. The molecule has 0 aromatic carbocycles. The minimum Gasteiger partial charge on any atom is -0.390 e. The molecule has 32 heavy (non-hydrogen) atoms. The highest BCUT2D eigenvalue weighted by atomic mass is 31.2. The Labute approximate surface area is 187 Å². The second-order valence-electron chi connectivity index (χ2n) is 8.07. The number of nitrogens with zero attached hydrogens (tertiary/aromatic N) is 1. The van der Waals surface area contributed by atoms with Crippen molar-refractivity contribution in [1.29, 1.82) is 0 Å². The number of H-pyrrole nitrogens is 1. The minimum atomic E-state index is -4.71. The summed E-state index contributed by atoms with van der Waals surface area (Å²) in [4.78, 5) is 44.1. The van der Waals surface area contributed by atoms with Gasteiger partial charge in [-0.3, -0.25) is 18.9 Å². The molecule has 2 heterocycles. The van der Waals surface area contributed by atoms with Crippen LogP contribution in [0.1, 0.15) is 76.5 Å². The maximum absolute atomic E-state index is 12.2. The van der Waals surface area contributed by atoms with Crippen LogP contribution in [0.25, 0.3) is 0 Å². The number of hydrogen-bond donors (Lipinski definition) is 4. The van der Waals surface area contributed by atoms with Crippen molar-refractivity contribution < 1.29 is 33.5 Å². The van der Waals surface area contributed by atoms with Gasteiger partial charge in [-0.2, -0.15) is 0 Å². The van der Waals surface area contributed by atoms with E-state index in [1.54, 1.807) is 0 Å². The van der Waals surface area contributed by atoms with E-state index in [1.165, 1.54) is 38.3 Å². The Kier molecular flexibility index (Phi) is 11.3. The third-order valence-electron chi connectivity index (χ3n) is 5.36. The van der Waals surface area contributed by atoms with E-state index >= 15 is 0 Å². The predicted octanol–water partition coefficient (Wildman–Crippen LogP) is 1.95. The number of aliphatic hydroxyl groups excluding tert-OH is 1. The summed E-state index contributed by atoms with van der Waals surface area (Å²) in [5, 5.41) is 10.1. The van der Waals surface area contributed by atoms with E-state index in [1.807, 2.05) is 0 Å². The topological polar surface area (TPSA) is 160 Å². The molecule has 2 rings (SSSR count). The Bertz CT molecular complexity index is 850. The average Bonchev–Trinajstić information content (AvgIpc) is 3.09. The van der Waals surface area contributed by atoms with Gasteiger partial charge in [0, 0.05) is 19.2 Å². The highest BCUT2D eigenvalue weighted by Crippen LogP contribution is 2.38. The number of rotatable bonds is 15. The number of aliphatic hydroxyl groups is 1. The van der Waals surface area contributed by atoms with Crippen LogP contribution in [0.2, 0.25) is 0 Å². The number of nitrogens with one attached hydrogen (secondary N) is 1. The Morgan fingerprint density at radius 1 is 1.16 bits per heavy atom. The number of phosphoric ester groups is 1. The molecule has 0 amide bonds. The lowest BCUT2D eigenvalue weighted by Gasteiger charge is -2.17. The number of aromatic amines is 1. The molecule has 0 spiro atoms. The highest BCUT2D eigenvalue weighted by molar-refractivity contribution is 7.46. The van der Waals surface area contributed by atoms with E-state index in [0.29, 0.717) is 6.61 Å². The van der Waals surface area contributed by atoms with Crippen LogP contribution in [0.5, 0.6) is 0 Å². The highest BCUT2D eigenvalue weighted by Gasteiger charge is 2.37. The van der Waals surface area contributed by atoms with Gasteiger partial charge >= 0.3 is 13.5 Å². The lowest BCUT2D eigenvalue weighted by Crippen LogP contribution is -2.34. The first kappa shape index (κ1) is 26.9. The molecular weight excluding hydrogens is 443 g/mol. The van der Waals surface area contributed by atoms with Crippen molar-refractivity contribution in [2.24, 2.45) is 0 Å². The Morgan fingerprint density at radius 3 is 2.47 bits per heavy atom. The molecule has 1 aromatic rings. The number of phosphoric acid groups is 1. The molecular formula is C20H35N2O9P. The fourth-order valence-electron chi connectivity index (χ4n) is 3.57. The zero-order valence-corrected chi connectivity index (χ0v) is 19.4. The molecule has 1 aliphatic heterocycles. The normalized spacial score (nSPS) is 21.3. The van der Waals surface area contributed by atoms with Crippen molar-refractivity contribution in [1.82, 2.24) is 9.55 Å². The van der Waals surface area contributed by atoms with Crippen LogP contribution in [-0.2, 0) is 25.2 Å². The van der Waals surface area contributed by atoms with Crippen molar-refractivity contribution in [3.63, 3.8) is 0 Å². The summed E-state index contributed by atoms with van der Waals surface area (Å²) >= 11 is 0. The standard InChI is InChI=1S/C20H35N2O9P/c1-2-3-4-5-6-7-8-9-10-29-13-15-12-22(20(25)21-19(15)24)18-11-16(23)17(31-18)14-30-32(26,27)28/h12,16-18,23H,2-11,13-14H2,1H3,(H,21,24,25)(H2,26,27,28)/t16-,17+,18+/m0/s1. The Morgan fingerprint density at radius 2 is 1.81 bits per heavy atom. The van der Waals surface area contributed by atoms with Crippen LogP contribution in [-0.4, -0.2) is 49.9 Å². The van der Waals surface area contributed by atoms with Crippen LogP contribution in [0, 0.1) is 0 Å². The quantitative estimate of drug-likeness (QED) is 0.218. The molecule has 0 radical (unpaired) electrons. The van der Waals surface area contributed by atoms with Gasteiger partial charge in [0.2, 0.25) is 0 Å². The van der Waals surface area contributed by atoms with Crippen molar-refractivity contribution >= 4 is 7.82 Å². The maximum atomic E-state index is 12.2. The van der Waals surface area contributed by atoms with Crippen LogP contribution in [0.3, 0.4) is 0 Å². The first-order chi connectivity index (χ1) is 15.2. The molecule has 184 valence electrons. The van der Waals surface area contributed by atoms with Gasteiger partial charge in [-0.25, -0.2) is 9.36 Å². The van der Waals surface area contributed by atoms with Gasteiger partial charge in [0.25, 0.3) is 5.56 Å². The molecule has 0 bridgehead atoms. The number of hydrogen-bond acceptors (Lipinski definition) is 7. The summed E-state index contributed by atoms with van der Waals surface area (Å²) in [5.41, 5.74) is -1.02. The lowest BCUT2D eigenvalue weighted by atomic mass is 10.1. The first-order valence-corrected chi connectivity index (χ1v) is 12.7. The number of aromatic nitrogens is 2. The monoisotopic (exact) mass is 478 g/mol. The average molecular weight is 478 g/mol. The van der Waals surface area contributed by atoms with E-state index < -0.39 is 44.1 Å². The Balaban J connectivity index is 1.82. The predicted molar refractivity (Wildman–Crippen MR) is 116 cm³/mol. The Hall–Kier alpha value is -1.33. The van der Waals surface area contributed by atoms with E-state index in [4.69, 9.17) is 19.3 Å². The zero-order valence-electron chi connectivity index (χ0n) is 18.5. The molecule has 0 unspecified atom stereocenters. The number of unbranched alkanes of at least 4 members (excludes halogenated alkanes) is 7. The summed E-state index contributed by atoms with van der Waals surface area (Å²) < 4.78 is 27.5. The van der Waals surface area contributed by atoms with Gasteiger partial charge in [0.1, 0.15) is 12.3 Å². The van der Waals surface area contributed by atoms with E-state index in [2.05, 4.69) is 16.4 Å². The smallest absolute Gasteiger partial charge is 0.390 e. The van der Waals surface area contributed by atoms with Gasteiger partial charge in [-0.1, -0.05) is 51.9 Å². The molecule has 0 saturated carbocycles. The second-order valence-corrected chi connectivity index (χ2v) is 9.31. The molecule has 12 heteroatoms. The second kappa shape index (κ2) is 13.4. The van der Waals surface area contributed by atoms with E-state index in [0.717, 1.165) is 23.8 Å². The molecule has 3 atom stereocenters. The maximum Gasteiger partial charge on any atom is 0.469 e. The molecule has 4 N–H and O–H groups in total. The summed E-state index contributed by atoms with van der Waals surface area (Å²) in [5.74, 6) is 0. The first-order valence-electron chi connectivity index (χ1n) is 11.2. The van der Waals surface area contributed by atoms with Crippen molar-refractivity contribution in [2.45, 2.75) is 89.8 Å². The molecule has 1 fully saturated rings. The van der Waals surface area contributed by atoms with E-state index in [-0.39, 0.29) is 18.6 Å². The van der Waals surface area contributed by atoms with Gasteiger partial charge in [0.15, 0.2) is 0 Å². The summed E-state index contributed by atoms with van der Waals surface area (Å²) in [6.07, 6.45) is 7.71. The van der Waals surface area contributed by atoms with Crippen molar-refractivity contribution in [3.05, 3.63) is 32.6 Å². The van der Waals surface area contributed by atoms with Crippen LogP contribution in [0.4, 0.5) is 0 Å². The van der Waals surface area contributed by atoms with E-state index in [9.17, 15) is 19.3 Å². The minimum absolute atomic E-state index is 0.000308. The fourth-order valence-corrected chi connectivity index (χ4v) is 3.91. The van der Waals surface area contributed by atoms with Crippen LogP contribution in [0.15, 0.2) is 15.8 Å². The van der Waals surface area contributed by atoms with Gasteiger partial charge in [-0.15, -0.1) is 0 Å². The number of ether oxygens (including phenoxy) is 2. The fraction of sp³-hybridized carbons (Fsp3) is 0.800. The summed E-state index contributed by atoms with van der Waals surface area (Å²) in [7, 11) is -4.71. The van der Waals surface area contributed by atoms with Gasteiger partial charge in [0.05, 0.1) is 24.9 Å². The van der Waals surface area contributed by atoms with Crippen molar-refractivity contribution in [3.8, 4) is 0 Å². The van der Waals surface area contributed by atoms with Gasteiger partial charge in [-0.05, 0) is 6.42 Å². The van der Waals surface area contributed by atoms with Crippen LogP contribution < -0.4 is 11.2 Å². The molecule has 1 aliphatic rings. The third-order valence-corrected chi connectivity index (χ3v) is 5.85. The van der Waals surface area contributed by atoms with Crippen LogP contribution >= 0.6 is 7.82 Å². The van der Waals surface area contributed by atoms with Crippen molar-refractivity contribution in [2.75, 3.05) is 13.2 Å². The van der Waals surface area contributed by atoms with Gasteiger partial charge < -0.3 is 24.4 Å². The zero-order chi connectivity index (χ0) is 23.6. The molecule has 0 aliphatic carbocycles.